The summed E-state index contributed by atoms with van der Waals surface area (Å²) in [5, 5.41) is 2.55. The van der Waals surface area contributed by atoms with Gasteiger partial charge in [0, 0.05) is 23.2 Å². The molecule has 1 aromatic rings. The van der Waals surface area contributed by atoms with Gasteiger partial charge in [-0.1, -0.05) is 62.6 Å². The molecule has 0 spiro atoms. The first-order valence-electron chi connectivity index (χ1n) is 15.1. The number of imide groups is 1. The van der Waals surface area contributed by atoms with Crippen molar-refractivity contribution in [1.82, 2.24) is 5.32 Å². The maximum atomic E-state index is 15.0. The molecule has 3 heterocycles. The number of carbonyl (C=O) groups excluding carboxylic acids is 3. The van der Waals surface area contributed by atoms with Crippen molar-refractivity contribution in [3.05, 3.63) is 52.6 Å². The molecule has 0 aromatic heterocycles. The van der Waals surface area contributed by atoms with Gasteiger partial charge in [-0.05, 0) is 80.4 Å². The minimum absolute atomic E-state index is 0.0356. The zero-order valence-electron chi connectivity index (χ0n) is 24.0. The van der Waals surface area contributed by atoms with Gasteiger partial charge in [-0.3, -0.25) is 19.7 Å². The van der Waals surface area contributed by atoms with E-state index >= 15 is 4.79 Å². The molecule has 39 heavy (non-hydrogen) atoms. The number of ketones is 1. The van der Waals surface area contributed by atoms with Gasteiger partial charge >= 0.3 is 0 Å². The van der Waals surface area contributed by atoms with Gasteiger partial charge in [0.05, 0.1) is 5.92 Å². The summed E-state index contributed by atoms with van der Waals surface area (Å²) in [5.41, 5.74) is 4.58. The van der Waals surface area contributed by atoms with E-state index in [9.17, 15) is 9.59 Å². The van der Waals surface area contributed by atoms with Crippen LogP contribution in [0, 0.1) is 64.6 Å². The molecule has 0 radical (unpaired) electrons. The van der Waals surface area contributed by atoms with Crippen molar-refractivity contribution < 1.29 is 19.1 Å². The summed E-state index contributed by atoms with van der Waals surface area (Å²) in [7, 11) is 0. The standard InChI is InChI=1S/C34H41NO4/c1-15-11-16(2)24-22(12-15)25-19(5)28-18(4)17(3)14-34(28,6)29-27(25)31(24)39-21-9-7-20(8-10-21)13-23-26(30(29)36)33(38)35-32(23)37/h7-10,14-16,18,22-27,29,31H,11-13H2,1-6H3,(H,35,37,38)/t15-,16+,18-,22-,23-,24-,25-,26-,27+,29-,31-,34?/m0/s1. The van der Waals surface area contributed by atoms with Crippen molar-refractivity contribution >= 4 is 17.6 Å². The number of amides is 2. The van der Waals surface area contributed by atoms with Gasteiger partial charge in [-0.25, -0.2) is 0 Å². The topological polar surface area (TPSA) is 72.5 Å². The van der Waals surface area contributed by atoms with Gasteiger partial charge in [0.15, 0.2) is 5.78 Å². The van der Waals surface area contributed by atoms with Crippen LogP contribution in [0.3, 0.4) is 0 Å². The van der Waals surface area contributed by atoms with Crippen LogP contribution in [0.5, 0.6) is 5.75 Å². The number of carbonyl (C=O) groups is 3. The van der Waals surface area contributed by atoms with Gasteiger partial charge < -0.3 is 4.74 Å². The fourth-order valence-corrected chi connectivity index (χ4v) is 10.7. The third-order valence-electron chi connectivity index (χ3n) is 11.9. The van der Waals surface area contributed by atoms with E-state index in [4.69, 9.17) is 4.74 Å². The summed E-state index contributed by atoms with van der Waals surface area (Å²) in [6.07, 6.45) is 4.90. The van der Waals surface area contributed by atoms with Crippen molar-refractivity contribution in [3.8, 4) is 5.75 Å². The molecule has 5 nitrogen and oxygen atoms in total. The van der Waals surface area contributed by atoms with E-state index in [0.29, 0.717) is 30.1 Å². The first-order chi connectivity index (χ1) is 18.5. The van der Waals surface area contributed by atoms with Gasteiger partial charge in [0.1, 0.15) is 17.8 Å². The molecule has 3 aliphatic heterocycles. The van der Waals surface area contributed by atoms with Crippen molar-refractivity contribution in [2.75, 3.05) is 0 Å². The van der Waals surface area contributed by atoms with E-state index in [1.165, 1.54) is 23.1 Å². The van der Waals surface area contributed by atoms with Crippen molar-refractivity contribution in [2.24, 2.45) is 64.6 Å². The molecule has 4 aliphatic carbocycles. The number of hydrogen-bond acceptors (Lipinski definition) is 4. The highest BCUT2D eigenvalue weighted by Gasteiger charge is 2.67. The Balaban J connectivity index is 1.49. The van der Waals surface area contributed by atoms with E-state index in [1.807, 2.05) is 24.3 Å². The first-order valence-corrected chi connectivity index (χ1v) is 15.1. The third kappa shape index (κ3) is 3.34. The Morgan fingerprint density at radius 2 is 1.67 bits per heavy atom. The van der Waals surface area contributed by atoms with Crippen LogP contribution < -0.4 is 10.1 Å². The highest BCUT2D eigenvalue weighted by Crippen LogP contribution is 2.67. The second kappa shape index (κ2) is 8.41. The fourth-order valence-electron chi connectivity index (χ4n) is 10.7. The minimum atomic E-state index is -0.956. The third-order valence-corrected chi connectivity index (χ3v) is 11.9. The van der Waals surface area contributed by atoms with E-state index in [1.54, 1.807) is 0 Å². The molecule has 3 fully saturated rings. The molecule has 2 saturated carbocycles. The maximum absolute atomic E-state index is 15.0. The minimum Gasteiger partial charge on any atom is -0.490 e. The van der Waals surface area contributed by atoms with Gasteiger partial charge in [0.2, 0.25) is 11.8 Å². The predicted molar refractivity (Wildman–Crippen MR) is 148 cm³/mol. The zero-order valence-corrected chi connectivity index (χ0v) is 24.0. The number of rotatable bonds is 0. The lowest BCUT2D eigenvalue weighted by atomic mass is 9.53. The molecule has 1 saturated heterocycles. The van der Waals surface area contributed by atoms with Crippen LogP contribution in [-0.2, 0) is 20.8 Å². The SMILES string of the molecule is CC1=CC2(C)C(=C(C)[C@H]3[C@H]4C[C@@H](C)C[C@@H](C)[C@@H]4[C@@H]4Oc5ccc(cc5)C[C@@H]5C(=O)NC(=O)[C@@H]5C(=O)[C@@H]2[C@H]43)[C@H]1C. The largest absolute Gasteiger partial charge is 0.490 e. The molecule has 2 amide bonds. The second-order valence-corrected chi connectivity index (χ2v) is 14.1. The van der Waals surface area contributed by atoms with Crippen LogP contribution in [-0.4, -0.2) is 23.7 Å². The Hall–Kier alpha value is -2.69. The molecule has 8 rings (SSSR count). The number of allylic oxidation sites excluding steroid dienone is 4. The first kappa shape index (κ1) is 25.3. The van der Waals surface area contributed by atoms with Crippen molar-refractivity contribution in [2.45, 2.75) is 66.9 Å². The molecule has 2 bridgehead atoms. The summed E-state index contributed by atoms with van der Waals surface area (Å²) >= 11 is 0. The summed E-state index contributed by atoms with van der Waals surface area (Å²) < 4.78 is 7.02. The van der Waals surface area contributed by atoms with Gasteiger partial charge in [-0.2, -0.15) is 0 Å². The van der Waals surface area contributed by atoms with Crippen molar-refractivity contribution in [1.29, 1.82) is 0 Å². The summed E-state index contributed by atoms with van der Waals surface area (Å²) in [6.45, 7) is 13.8. The summed E-state index contributed by atoms with van der Waals surface area (Å²) in [5.74, 6) is 0.416. The van der Waals surface area contributed by atoms with E-state index in [-0.39, 0.29) is 35.5 Å². The molecular formula is C34H41NO4. The Morgan fingerprint density at radius 1 is 0.949 bits per heavy atom. The average Bonchev–Trinajstić information content (AvgIpc) is 3.40. The number of Topliss-reactive ketones (excluding diaryl/α,β-unsaturated/α-hetero) is 1. The molecule has 5 heteroatoms. The molecule has 1 aromatic carbocycles. The molecule has 206 valence electrons. The fraction of sp³-hybridized carbons (Fsp3) is 0.618. The van der Waals surface area contributed by atoms with Crippen LogP contribution in [0.1, 0.15) is 59.9 Å². The van der Waals surface area contributed by atoms with Crippen LogP contribution in [0.25, 0.3) is 0 Å². The highest BCUT2D eigenvalue weighted by atomic mass is 16.5. The number of nitrogens with one attached hydrogen (secondary N) is 1. The predicted octanol–water partition coefficient (Wildman–Crippen LogP) is 5.54. The van der Waals surface area contributed by atoms with Crippen molar-refractivity contribution in [3.63, 3.8) is 0 Å². The molecular weight excluding hydrogens is 486 g/mol. The zero-order chi connectivity index (χ0) is 27.5. The lowest BCUT2D eigenvalue weighted by molar-refractivity contribution is -0.141. The van der Waals surface area contributed by atoms with E-state index in [2.05, 4.69) is 52.9 Å². The molecule has 1 unspecified atom stereocenters. The quantitative estimate of drug-likeness (QED) is 0.273. The summed E-state index contributed by atoms with van der Waals surface area (Å²) in [4.78, 5) is 41.5. The summed E-state index contributed by atoms with van der Waals surface area (Å²) in [6, 6.07) is 8.05. The van der Waals surface area contributed by atoms with Gasteiger partial charge in [-0.15, -0.1) is 0 Å². The van der Waals surface area contributed by atoms with Crippen LogP contribution in [0.4, 0.5) is 0 Å². The number of ether oxygens (including phenoxy) is 1. The molecule has 1 N–H and O–H groups in total. The average molecular weight is 528 g/mol. The van der Waals surface area contributed by atoms with Crippen LogP contribution in [0.2, 0.25) is 0 Å². The monoisotopic (exact) mass is 527 g/mol. The highest BCUT2D eigenvalue weighted by molar-refractivity contribution is 6.16. The Labute approximate surface area is 231 Å². The van der Waals surface area contributed by atoms with Crippen LogP contribution >= 0.6 is 0 Å². The van der Waals surface area contributed by atoms with Crippen LogP contribution in [0.15, 0.2) is 47.1 Å². The number of fused-ring (bicyclic) bond motifs is 5. The number of hydrogen-bond donors (Lipinski definition) is 1. The Morgan fingerprint density at radius 3 is 2.38 bits per heavy atom. The Kier molecular flexibility index (Phi) is 5.45. The van der Waals surface area contributed by atoms with E-state index in [0.717, 1.165) is 17.7 Å². The molecule has 7 aliphatic rings. The Bertz CT molecular complexity index is 1340. The normalized spacial score (nSPS) is 46.4. The van der Waals surface area contributed by atoms with E-state index < -0.39 is 29.1 Å². The second-order valence-electron chi connectivity index (χ2n) is 14.1. The van der Waals surface area contributed by atoms with Gasteiger partial charge in [0.25, 0.3) is 0 Å². The lowest BCUT2D eigenvalue weighted by Gasteiger charge is -2.49. The molecule has 12 atom stereocenters. The maximum Gasteiger partial charge on any atom is 0.237 e. The smallest absolute Gasteiger partial charge is 0.237 e. The lowest BCUT2D eigenvalue weighted by Crippen LogP contribution is -2.52. The number of benzene rings is 1.